The molecule has 0 radical (unpaired) electrons. The SMILES string of the molecule is CCCc1ccc(OCCNC(=O)C(C)N(c2ccc(C)cc2)S(C)(=O)=O)cc1. The minimum absolute atomic E-state index is 0.283. The van der Waals surface area contributed by atoms with Crippen molar-refractivity contribution in [1.29, 1.82) is 0 Å². The number of benzene rings is 2. The van der Waals surface area contributed by atoms with E-state index in [0.29, 0.717) is 12.3 Å². The van der Waals surface area contributed by atoms with Crippen molar-refractivity contribution in [1.82, 2.24) is 5.32 Å². The number of ether oxygens (including phenoxy) is 1. The minimum Gasteiger partial charge on any atom is -0.492 e. The molecular weight excluding hydrogens is 388 g/mol. The van der Waals surface area contributed by atoms with Crippen molar-refractivity contribution in [2.24, 2.45) is 0 Å². The number of nitrogens with zero attached hydrogens (tertiary/aromatic N) is 1. The number of rotatable bonds is 10. The van der Waals surface area contributed by atoms with Gasteiger partial charge in [0.15, 0.2) is 0 Å². The second kappa shape index (κ2) is 10.3. The highest BCUT2D eigenvalue weighted by Crippen LogP contribution is 2.21. The largest absolute Gasteiger partial charge is 0.492 e. The van der Waals surface area contributed by atoms with Gasteiger partial charge >= 0.3 is 0 Å². The highest BCUT2D eigenvalue weighted by molar-refractivity contribution is 7.92. The van der Waals surface area contributed by atoms with Gasteiger partial charge in [0.05, 0.1) is 18.5 Å². The van der Waals surface area contributed by atoms with Crippen LogP contribution in [0.3, 0.4) is 0 Å². The fourth-order valence-corrected chi connectivity index (χ4v) is 4.21. The van der Waals surface area contributed by atoms with Crippen molar-refractivity contribution < 1.29 is 17.9 Å². The standard InChI is InChI=1S/C22H30N2O4S/c1-5-6-19-9-13-21(14-10-19)28-16-15-23-22(25)18(3)24(29(4,26)27)20-11-7-17(2)8-12-20/h7-14,18H,5-6,15-16H2,1-4H3,(H,23,25). The van der Waals surface area contributed by atoms with Crippen LogP contribution in [0.2, 0.25) is 0 Å². The Morgan fingerprint density at radius 1 is 1.10 bits per heavy atom. The Labute approximate surface area is 173 Å². The summed E-state index contributed by atoms with van der Waals surface area (Å²) in [6.45, 7) is 6.21. The van der Waals surface area contributed by atoms with Crippen LogP contribution >= 0.6 is 0 Å². The van der Waals surface area contributed by atoms with Gasteiger partial charge in [-0.25, -0.2) is 8.42 Å². The average molecular weight is 419 g/mol. The Morgan fingerprint density at radius 3 is 2.28 bits per heavy atom. The number of anilines is 1. The van der Waals surface area contributed by atoms with E-state index in [0.717, 1.165) is 34.7 Å². The van der Waals surface area contributed by atoms with Gasteiger partial charge in [-0.3, -0.25) is 9.10 Å². The van der Waals surface area contributed by atoms with E-state index in [9.17, 15) is 13.2 Å². The van der Waals surface area contributed by atoms with Gasteiger partial charge in [-0.05, 0) is 50.1 Å². The lowest BCUT2D eigenvalue weighted by Gasteiger charge is -2.28. The molecule has 1 atom stereocenters. The number of aryl methyl sites for hydroxylation is 2. The van der Waals surface area contributed by atoms with Crippen LogP contribution in [0.25, 0.3) is 0 Å². The van der Waals surface area contributed by atoms with Crippen LogP contribution in [-0.4, -0.2) is 39.8 Å². The predicted octanol–water partition coefficient (Wildman–Crippen LogP) is 3.30. The Balaban J connectivity index is 1.91. The van der Waals surface area contributed by atoms with Crippen molar-refractivity contribution in [3.63, 3.8) is 0 Å². The lowest BCUT2D eigenvalue weighted by atomic mass is 10.1. The molecule has 0 aliphatic heterocycles. The van der Waals surface area contributed by atoms with Crippen molar-refractivity contribution >= 4 is 21.6 Å². The molecule has 1 N–H and O–H groups in total. The van der Waals surface area contributed by atoms with E-state index in [-0.39, 0.29) is 12.5 Å². The molecule has 1 unspecified atom stereocenters. The molecule has 0 aromatic heterocycles. The van der Waals surface area contributed by atoms with Gasteiger partial charge in [0.1, 0.15) is 18.4 Å². The third kappa shape index (κ3) is 6.78. The molecule has 2 aromatic carbocycles. The molecule has 1 amide bonds. The van der Waals surface area contributed by atoms with Crippen molar-refractivity contribution in [3.8, 4) is 5.75 Å². The molecule has 0 saturated heterocycles. The van der Waals surface area contributed by atoms with Crippen molar-refractivity contribution in [3.05, 3.63) is 59.7 Å². The summed E-state index contributed by atoms with van der Waals surface area (Å²) in [4.78, 5) is 12.5. The van der Waals surface area contributed by atoms with E-state index in [4.69, 9.17) is 4.74 Å². The van der Waals surface area contributed by atoms with E-state index in [1.165, 1.54) is 5.56 Å². The van der Waals surface area contributed by atoms with E-state index in [1.807, 2.05) is 43.3 Å². The highest BCUT2D eigenvalue weighted by atomic mass is 32.2. The number of hydrogen-bond acceptors (Lipinski definition) is 4. The molecule has 6 nitrogen and oxygen atoms in total. The highest BCUT2D eigenvalue weighted by Gasteiger charge is 2.28. The molecule has 2 rings (SSSR count). The third-order valence-corrected chi connectivity index (χ3v) is 5.75. The number of sulfonamides is 1. The number of nitrogens with one attached hydrogen (secondary N) is 1. The molecular formula is C22H30N2O4S. The summed E-state index contributed by atoms with van der Waals surface area (Å²) in [5, 5.41) is 2.75. The van der Waals surface area contributed by atoms with Gasteiger partial charge in [0.2, 0.25) is 15.9 Å². The third-order valence-electron chi connectivity index (χ3n) is 4.51. The minimum atomic E-state index is -3.62. The summed E-state index contributed by atoms with van der Waals surface area (Å²) in [7, 11) is -3.62. The molecule has 7 heteroatoms. The topological polar surface area (TPSA) is 75.7 Å². The zero-order valence-corrected chi connectivity index (χ0v) is 18.3. The Morgan fingerprint density at radius 2 is 1.72 bits per heavy atom. The van der Waals surface area contributed by atoms with Crippen LogP contribution in [-0.2, 0) is 21.2 Å². The summed E-state index contributed by atoms with van der Waals surface area (Å²) in [6, 6.07) is 14.1. The predicted molar refractivity (Wildman–Crippen MR) is 117 cm³/mol. The first-order chi connectivity index (χ1) is 13.7. The molecule has 0 spiro atoms. The number of amides is 1. The van der Waals surface area contributed by atoms with Crippen LogP contribution in [0.5, 0.6) is 5.75 Å². The first-order valence-electron chi connectivity index (χ1n) is 9.78. The Bertz CT molecular complexity index is 893. The Kier molecular flexibility index (Phi) is 8.08. The lowest BCUT2D eigenvalue weighted by Crippen LogP contribution is -2.48. The van der Waals surface area contributed by atoms with Gasteiger partial charge in [-0.15, -0.1) is 0 Å². The first-order valence-corrected chi connectivity index (χ1v) is 11.6. The summed E-state index contributed by atoms with van der Waals surface area (Å²) in [5.41, 5.74) is 2.74. The number of carbonyl (C=O) groups is 1. The van der Waals surface area contributed by atoms with Crippen LogP contribution in [0.4, 0.5) is 5.69 Å². The van der Waals surface area contributed by atoms with Crippen LogP contribution in [0.1, 0.15) is 31.4 Å². The van der Waals surface area contributed by atoms with Gasteiger partial charge in [-0.2, -0.15) is 0 Å². The number of carbonyl (C=O) groups excluding carboxylic acids is 1. The first kappa shape index (κ1) is 22.7. The molecule has 0 aliphatic carbocycles. The molecule has 0 heterocycles. The fraction of sp³-hybridized carbons (Fsp3) is 0.409. The molecule has 0 fully saturated rings. The molecule has 0 bridgehead atoms. The normalized spacial score (nSPS) is 12.3. The average Bonchev–Trinajstić information content (AvgIpc) is 2.67. The summed E-state index contributed by atoms with van der Waals surface area (Å²) >= 11 is 0. The summed E-state index contributed by atoms with van der Waals surface area (Å²) in [5.74, 6) is 0.363. The summed E-state index contributed by atoms with van der Waals surface area (Å²) in [6.07, 6.45) is 3.23. The maximum Gasteiger partial charge on any atom is 0.243 e. The van der Waals surface area contributed by atoms with Crippen LogP contribution < -0.4 is 14.4 Å². The van der Waals surface area contributed by atoms with Crippen LogP contribution in [0, 0.1) is 6.92 Å². The molecule has 2 aromatic rings. The summed E-state index contributed by atoms with van der Waals surface area (Å²) < 4.78 is 31.3. The molecule has 158 valence electrons. The Hall–Kier alpha value is -2.54. The van der Waals surface area contributed by atoms with Gasteiger partial charge in [0.25, 0.3) is 0 Å². The molecule has 0 aliphatic rings. The zero-order valence-electron chi connectivity index (χ0n) is 17.5. The second-order valence-corrected chi connectivity index (χ2v) is 8.96. The molecule has 29 heavy (non-hydrogen) atoms. The van der Waals surface area contributed by atoms with E-state index in [2.05, 4.69) is 12.2 Å². The smallest absolute Gasteiger partial charge is 0.243 e. The van der Waals surface area contributed by atoms with Crippen LogP contribution in [0.15, 0.2) is 48.5 Å². The maximum atomic E-state index is 12.5. The molecule has 0 saturated carbocycles. The maximum absolute atomic E-state index is 12.5. The van der Waals surface area contributed by atoms with Crippen molar-refractivity contribution in [2.45, 2.75) is 39.7 Å². The number of hydrogen-bond donors (Lipinski definition) is 1. The fourth-order valence-electron chi connectivity index (χ4n) is 3.03. The lowest BCUT2D eigenvalue weighted by molar-refractivity contribution is -0.121. The van der Waals surface area contributed by atoms with Gasteiger partial charge in [0, 0.05) is 0 Å². The quantitative estimate of drug-likeness (QED) is 0.601. The second-order valence-electron chi connectivity index (χ2n) is 7.10. The van der Waals surface area contributed by atoms with E-state index in [1.54, 1.807) is 19.1 Å². The van der Waals surface area contributed by atoms with Crippen molar-refractivity contribution in [2.75, 3.05) is 23.7 Å². The zero-order chi connectivity index (χ0) is 21.4. The van der Waals surface area contributed by atoms with Gasteiger partial charge in [-0.1, -0.05) is 43.2 Å². The van der Waals surface area contributed by atoms with E-state index < -0.39 is 16.1 Å². The van der Waals surface area contributed by atoms with E-state index >= 15 is 0 Å². The van der Waals surface area contributed by atoms with Gasteiger partial charge < -0.3 is 10.1 Å². The monoisotopic (exact) mass is 418 g/mol.